The van der Waals surface area contributed by atoms with E-state index in [-0.39, 0.29) is 33.1 Å². The number of hydrogen-bond acceptors (Lipinski definition) is 6. The molecule has 4 rings (SSSR count). The fraction of sp³-hybridized carbons (Fsp3) is 0.296. The second-order valence-electron chi connectivity index (χ2n) is 8.80. The molecule has 1 saturated heterocycles. The number of methoxy groups -OCH3 is 2. The molecule has 0 bridgehead atoms. The van der Waals surface area contributed by atoms with E-state index in [0.29, 0.717) is 43.2 Å². The second-order valence-corrected chi connectivity index (χ2v) is 11.0. The number of anilines is 2. The van der Waals surface area contributed by atoms with Crippen molar-refractivity contribution in [3.8, 4) is 11.5 Å². The van der Waals surface area contributed by atoms with E-state index in [1.807, 2.05) is 4.90 Å². The summed E-state index contributed by atoms with van der Waals surface area (Å²) >= 11 is 6.32. The van der Waals surface area contributed by atoms with Crippen LogP contribution in [0.2, 0.25) is 5.02 Å². The van der Waals surface area contributed by atoms with Crippen LogP contribution < -0.4 is 18.7 Å². The maximum Gasteiger partial charge on any atom is 0.268 e. The highest BCUT2D eigenvalue weighted by Crippen LogP contribution is 2.35. The van der Waals surface area contributed by atoms with Gasteiger partial charge in [0.2, 0.25) is 5.91 Å². The van der Waals surface area contributed by atoms with Crippen molar-refractivity contribution in [1.82, 2.24) is 4.90 Å². The van der Waals surface area contributed by atoms with E-state index in [1.165, 1.54) is 38.5 Å². The van der Waals surface area contributed by atoms with Crippen molar-refractivity contribution in [1.29, 1.82) is 0 Å². The quantitative estimate of drug-likeness (QED) is 0.407. The zero-order chi connectivity index (χ0) is 27.4. The SMILES string of the molecule is COc1ccc(N(CC(=O)N2CCN(c3ccccc3F)CC2)S(=O)(=O)c2cc(C)ccc2OC)cc1Cl. The third-order valence-corrected chi connectivity index (χ3v) is 8.51. The molecule has 3 aromatic carbocycles. The molecule has 3 aromatic rings. The molecule has 38 heavy (non-hydrogen) atoms. The average Bonchev–Trinajstić information content (AvgIpc) is 2.91. The summed E-state index contributed by atoms with van der Waals surface area (Å²) in [6.45, 7) is 2.78. The van der Waals surface area contributed by atoms with E-state index in [2.05, 4.69) is 0 Å². The molecule has 1 aliphatic rings. The Hall–Kier alpha value is -3.50. The van der Waals surface area contributed by atoms with E-state index in [1.54, 1.807) is 48.2 Å². The lowest BCUT2D eigenvalue weighted by Crippen LogP contribution is -2.52. The molecule has 1 fully saturated rings. The van der Waals surface area contributed by atoms with Crippen molar-refractivity contribution in [3.05, 3.63) is 77.1 Å². The van der Waals surface area contributed by atoms with Crippen molar-refractivity contribution < 1.29 is 27.1 Å². The third-order valence-electron chi connectivity index (χ3n) is 6.41. The van der Waals surface area contributed by atoms with E-state index in [9.17, 15) is 17.6 Å². The molecule has 0 atom stereocenters. The van der Waals surface area contributed by atoms with Gasteiger partial charge < -0.3 is 19.3 Å². The number of carbonyl (C=O) groups excluding carboxylic acids is 1. The monoisotopic (exact) mass is 561 g/mol. The van der Waals surface area contributed by atoms with Gasteiger partial charge in [-0.25, -0.2) is 12.8 Å². The number of para-hydroxylation sites is 1. The van der Waals surface area contributed by atoms with Gasteiger partial charge in [0, 0.05) is 26.2 Å². The van der Waals surface area contributed by atoms with Crippen LogP contribution in [-0.2, 0) is 14.8 Å². The van der Waals surface area contributed by atoms with Gasteiger partial charge in [0.1, 0.15) is 28.8 Å². The lowest BCUT2D eigenvalue weighted by molar-refractivity contribution is -0.129. The van der Waals surface area contributed by atoms with Gasteiger partial charge in [-0.15, -0.1) is 0 Å². The van der Waals surface area contributed by atoms with Gasteiger partial charge >= 0.3 is 0 Å². The second kappa shape index (κ2) is 11.5. The number of piperazine rings is 1. The summed E-state index contributed by atoms with van der Waals surface area (Å²) in [7, 11) is -1.40. The van der Waals surface area contributed by atoms with Gasteiger partial charge in [0.05, 0.1) is 30.6 Å². The predicted octanol–water partition coefficient (Wildman–Crippen LogP) is 4.35. The number of benzene rings is 3. The van der Waals surface area contributed by atoms with E-state index < -0.39 is 16.6 Å². The number of rotatable bonds is 8. The van der Waals surface area contributed by atoms with Crippen LogP contribution in [0.5, 0.6) is 11.5 Å². The van der Waals surface area contributed by atoms with Crippen molar-refractivity contribution in [2.75, 3.05) is 56.1 Å². The summed E-state index contributed by atoms with van der Waals surface area (Å²) in [4.78, 5) is 16.8. The molecular formula is C27H29ClFN3O5S. The molecule has 1 aliphatic heterocycles. The van der Waals surface area contributed by atoms with Crippen LogP contribution in [0.15, 0.2) is 65.6 Å². The molecule has 11 heteroatoms. The Bertz CT molecular complexity index is 1430. The molecule has 0 N–H and O–H groups in total. The fourth-order valence-corrected chi connectivity index (χ4v) is 6.26. The number of halogens is 2. The first-order chi connectivity index (χ1) is 18.1. The summed E-state index contributed by atoms with van der Waals surface area (Å²) in [5.41, 5.74) is 1.40. The minimum absolute atomic E-state index is 0.0656. The molecule has 8 nitrogen and oxygen atoms in total. The molecule has 0 spiro atoms. The van der Waals surface area contributed by atoms with E-state index in [4.69, 9.17) is 21.1 Å². The van der Waals surface area contributed by atoms with Crippen molar-refractivity contribution in [2.45, 2.75) is 11.8 Å². The van der Waals surface area contributed by atoms with Crippen LogP contribution in [0.4, 0.5) is 15.8 Å². The Labute approximate surface area is 227 Å². The summed E-state index contributed by atoms with van der Waals surface area (Å²) in [6.07, 6.45) is 0. The number of sulfonamides is 1. The number of carbonyl (C=O) groups is 1. The number of nitrogens with zero attached hydrogens (tertiary/aromatic N) is 3. The highest BCUT2D eigenvalue weighted by atomic mass is 35.5. The Morgan fingerprint density at radius 1 is 0.974 bits per heavy atom. The van der Waals surface area contributed by atoms with Gasteiger partial charge in [0.15, 0.2) is 0 Å². The highest BCUT2D eigenvalue weighted by molar-refractivity contribution is 7.93. The smallest absolute Gasteiger partial charge is 0.268 e. The van der Waals surface area contributed by atoms with Crippen molar-refractivity contribution in [2.24, 2.45) is 0 Å². The summed E-state index contributed by atoms with van der Waals surface area (Å²) in [5, 5.41) is 0.201. The minimum Gasteiger partial charge on any atom is -0.495 e. The highest BCUT2D eigenvalue weighted by Gasteiger charge is 2.33. The van der Waals surface area contributed by atoms with Crippen LogP contribution in [0.3, 0.4) is 0 Å². The molecule has 0 aromatic heterocycles. The number of aryl methyl sites for hydroxylation is 1. The Balaban J connectivity index is 1.63. The number of hydrogen-bond donors (Lipinski definition) is 0. The van der Waals surface area contributed by atoms with Crippen LogP contribution in [0, 0.1) is 12.7 Å². The van der Waals surface area contributed by atoms with Crippen LogP contribution in [0.25, 0.3) is 0 Å². The normalized spacial score (nSPS) is 13.8. The topological polar surface area (TPSA) is 79.4 Å². The first-order valence-corrected chi connectivity index (χ1v) is 13.8. The zero-order valence-electron chi connectivity index (χ0n) is 21.4. The standard InChI is InChI=1S/C27H29ClFN3O5S/c1-19-8-10-25(37-3)26(16-19)38(34,35)32(20-9-11-24(36-2)21(28)17-20)18-27(33)31-14-12-30(13-15-31)23-7-5-4-6-22(23)29/h4-11,16-17H,12-15,18H2,1-3H3. The van der Waals surface area contributed by atoms with Gasteiger partial charge in [-0.3, -0.25) is 9.10 Å². The molecular weight excluding hydrogens is 533 g/mol. The van der Waals surface area contributed by atoms with Gasteiger partial charge in [-0.2, -0.15) is 0 Å². The molecule has 1 amide bonds. The van der Waals surface area contributed by atoms with E-state index >= 15 is 0 Å². The summed E-state index contributed by atoms with van der Waals surface area (Å²) in [5.74, 6) is -0.184. The molecule has 0 radical (unpaired) electrons. The van der Waals surface area contributed by atoms with Crippen LogP contribution in [0.1, 0.15) is 5.56 Å². The molecule has 0 aliphatic carbocycles. The Morgan fingerprint density at radius 2 is 1.63 bits per heavy atom. The fourth-order valence-electron chi connectivity index (χ4n) is 4.36. The zero-order valence-corrected chi connectivity index (χ0v) is 22.9. The van der Waals surface area contributed by atoms with Gasteiger partial charge in [-0.1, -0.05) is 29.8 Å². The maximum atomic E-state index is 14.2. The van der Waals surface area contributed by atoms with E-state index in [0.717, 1.165) is 4.31 Å². The Morgan fingerprint density at radius 3 is 2.26 bits per heavy atom. The molecule has 0 unspecified atom stereocenters. The first kappa shape index (κ1) is 27.5. The molecule has 1 heterocycles. The third kappa shape index (κ3) is 5.66. The lowest BCUT2D eigenvalue weighted by Gasteiger charge is -2.37. The largest absolute Gasteiger partial charge is 0.495 e. The summed E-state index contributed by atoms with van der Waals surface area (Å²) < 4.78 is 53.8. The molecule has 202 valence electrons. The van der Waals surface area contributed by atoms with Crippen molar-refractivity contribution in [3.63, 3.8) is 0 Å². The van der Waals surface area contributed by atoms with Gasteiger partial charge in [-0.05, 0) is 55.0 Å². The number of amides is 1. The predicted molar refractivity (Wildman–Crippen MR) is 145 cm³/mol. The average molecular weight is 562 g/mol. The van der Waals surface area contributed by atoms with Crippen LogP contribution in [-0.4, -0.2) is 66.2 Å². The maximum absolute atomic E-state index is 14.2. The van der Waals surface area contributed by atoms with Crippen LogP contribution >= 0.6 is 11.6 Å². The minimum atomic E-state index is -4.25. The van der Waals surface area contributed by atoms with Gasteiger partial charge in [0.25, 0.3) is 10.0 Å². The lowest BCUT2D eigenvalue weighted by atomic mass is 10.2. The summed E-state index contributed by atoms with van der Waals surface area (Å²) in [6, 6.07) is 15.8. The Kier molecular flexibility index (Phi) is 8.32. The number of ether oxygens (including phenoxy) is 2. The van der Waals surface area contributed by atoms with Crippen molar-refractivity contribution >= 4 is 38.9 Å². The molecule has 0 saturated carbocycles. The first-order valence-electron chi connectivity index (χ1n) is 11.9.